The average Bonchev–Trinajstić information content (AvgIpc) is 3.13. The maximum absolute atomic E-state index is 4.54. The van der Waals surface area contributed by atoms with Crippen molar-refractivity contribution in [3.63, 3.8) is 0 Å². The molecule has 100 valence electrons. The number of aromatic nitrogens is 1. The molecular weight excluding hydrogens is 252 g/mol. The summed E-state index contributed by atoms with van der Waals surface area (Å²) in [6, 6.07) is 11.4. The number of hydrogen-bond donors (Lipinski definition) is 0. The van der Waals surface area contributed by atoms with Crippen LogP contribution in [0.5, 0.6) is 0 Å². The lowest BCUT2D eigenvalue weighted by Crippen LogP contribution is -2.30. The summed E-state index contributed by atoms with van der Waals surface area (Å²) in [6.07, 6.45) is 5.78. The van der Waals surface area contributed by atoms with Gasteiger partial charge in [0.2, 0.25) is 0 Å². The standard InChI is InChI=1S/C16H20N2S/c1-2-11-18(16-17-10-12-19-16)15(14-8-9-14)13-6-4-3-5-7-13/h3-7,10,12,14-15H,2,8-9,11H2,1H3. The van der Waals surface area contributed by atoms with E-state index in [4.69, 9.17) is 0 Å². The lowest BCUT2D eigenvalue weighted by molar-refractivity contribution is 0.551. The average molecular weight is 272 g/mol. The fraction of sp³-hybridized carbons (Fsp3) is 0.438. The van der Waals surface area contributed by atoms with Crippen molar-refractivity contribution in [1.82, 2.24) is 4.98 Å². The molecular formula is C16H20N2S. The maximum Gasteiger partial charge on any atom is 0.185 e. The van der Waals surface area contributed by atoms with Crippen molar-refractivity contribution < 1.29 is 0 Å². The third kappa shape index (κ3) is 2.81. The molecule has 1 atom stereocenters. The molecule has 1 aliphatic carbocycles. The molecule has 0 amide bonds. The van der Waals surface area contributed by atoms with Crippen LogP contribution in [0.15, 0.2) is 41.9 Å². The number of hydrogen-bond acceptors (Lipinski definition) is 3. The first-order chi connectivity index (χ1) is 9.40. The Bertz CT molecular complexity index is 491. The second kappa shape index (κ2) is 5.74. The van der Waals surface area contributed by atoms with Gasteiger partial charge in [0, 0.05) is 18.1 Å². The molecule has 3 heteroatoms. The molecule has 3 rings (SSSR count). The molecule has 1 unspecified atom stereocenters. The molecule has 0 bridgehead atoms. The molecule has 1 heterocycles. The second-order valence-corrected chi connectivity index (χ2v) is 6.07. The Morgan fingerprint density at radius 1 is 1.32 bits per heavy atom. The van der Waals surface area contributed by atoms with Gasteiger partial charge in [-0.05, 0) is 30.7 Å². The van der Waals surface area contributed by atoms with Crippen molar-refractivity contribution in [3.05, 3.63) is 47.5 Å². The van der Waals surface area contributed by atoms with Crippen LogP contribution in [0.25, 0.3) is 0 Å². The van der Waals surface area contributed by atoms with Gasteiger partial charge in [-0.1, -0.05) is 37.3 Å². The van der Waals surface area contributed by atoms with E-state index in [0.717, 1.165) is 18.9 Å². The molecule has 0 aliphatic heterocycles. The minimum Gasteiger partial charge on any atom is -0.341 e. The van der Waals surface area contributed by atoms with Gasteiger partial charge in [0.1, 0.15) is 0 Å². The number of rotatable bonds is 6. The lowest BCUT2D eigenvalue weighted by atomic mass is 10.0. The topological polar surface area (TPSA) is 16.1 Å². The molecule has 2 nitrogen and oxygen atoms in total. The number of benzene rings is 1. The molecule has 0 spiro atoms. The third-order valence-corrected chi connectivity index (χ3v) is 4.48. The quantitative estimate of drug-likeness (QED) is 0.769. The molecule has 1 aromatic carbocycles. The van der Waals surface area contributed by atoms with E-state index in [1.54, 1.807) is 11.3 Å². The van der Waals surface area contributed by atoms with Crippen LogP contribution in [0, 0.1) is 5.92 Å². The summed E-state index contributed by atoms with van der Waals surface area (Å²) >= 11 is 1.75. The lowest BCUT2D eigenvalue weighted by Gasteiger charge is -2.32. The van der Waals surface area contributed by atoms with Crippen LogP contribution in [0.4, 0.5) is 5.13 Å². The van der Waals surface area contributed by atoms with Gasteiger partial charge >= 0.3 is 0 Å². The molecule has 0 saturated heterocycles. The van der Waals surface area contributed by atoms with Crippen LogP contribution < -0.4 is 4.90 Å². The minimum absolute atomic E-state index is 0.507. The predicted molar refractivity (Wildman–Crippen MR) is 81.7 cm³/mol. The zero-order valence-corrected chi connectivity index (χ0v) is 12.1. The number of anilines is 1. The Morgan fingerprint density at radius 2 is 2.11 bits per heavy atom. The van der Waals surface area contributed by atoms with E-state index < -0.39 is 0 Å². The van der Waals surface area contributed by atoms with Crippen molar-refractivity contribution in [2.45, 2.75) is 32.2 Å². The van der Waals surface area contributed by atoms with Crippen LogP contribution in [0.2, 0.25) is 0 Å². The van der Waals surface area contributed by atoms with Crippen LogP contribution >= 0.6 is 11.3 Å². The van der Waals surface area contributed by atoms with Crippen molar-refractivity contribution in [3.8, 4) is 0 Å². The zero-order chi connectivity index (χ0) is 13.1. The summed E-state index contributed by atoms with van der Waals surface area (Å²) in [5, 5.41) is 3.25. The highest BCUT2D eigenvalue weighted by atomic mass is 32.1. The van der Waals surface area contributed by atoms with Gasteiger partial charge in [-0.25, -0.2) is 4.98 Å². The first-order valence-electron chi connectivity index (χ1n) is 7.11. The SMILES string of the molecule is CCCN(c1nccs1)C(c1ccccc1)C1CC1. The van der Waals surface area contributed by atoms with Crippen LogP contribution in [0.1, 0.15) is 37.8 Å². The molecule has 2 aromatic rings. The van der Waals surface area contributed by atoms with Gasteiger partial charge in [-0.2, -0.15) is 0 Å². The van der Waals surface area contributed by atoms with Crippen molar-refractivity contribution in [1.29, 1.82) is 0 Å². The molecule has 1 saturated carbocycles. The smallest absolute Gasteiger partial charge is 0.185 e. The van der Waals surface area contributed by atoms with Gasteiger partial charge in [-0.15, -0.1) is 11.3 Å². The van der Waals surface area contributed by atoms with Crippen LogP contribution in [-0.4, -0.2) is 11.5 Å². The van der Waals surface area contributed by atoms with Crippen LogP contribution in [0.3, 0.4) is 0 Å². The zero-order valence-electron chi connectivity index (χ0n) is 11.3. The Hall–Kier alpha value is -1.35. The van der Waals surface area contributed by atoms with Gasteiger partial charge < -0.3 is 4.90 Å². The molecule has 1 aromatic heterocycles. The number of thiazole rings is 1. The fourth-order valence-corrected chi connectivity index (χ4v) is 3.43. The summed E-state index contributed by atoms with van der Waals surface area (Å²) in [4.78, 5) is 7.05. The van der Waals surface area contributed by atoms with Gasteiger partial charge in [0.05, 0.1) is 6.04 Å². The number of nitrogens with zero attached hydrogens (tertiary/aromatic N) is 2. The maximum atomic E-state index is 4.54. The normalized spacial score (nSPS) is 16.3. The van der Waals surface area contributed by atoms with E-state index in [0.29, 0.717) is 6.04 Å². The third-order valence-electron chi connectivity index (χ3n) is 3.67. The Balaban J connectivity index is 1.93. The van der Waals surface area contributed by atoms with Crippen molar-refractivity contribution >= 4 is 16.5 Å². The monoisotopic (exact) mass is 272 g/mol. The summed E-state index contributed by atoms with van der Waals surface area (Å²) in [5.74, 6) is 0.804. The van der Waals surface area contributed by atoms with Gasteiger partial charge in [0.25, 0.3) is 0 Å². The van der Waals surface area contributed by atoms with Crippen LogP contribution in [-0.2, 0) is 0 Å². The van der Waals surface area contributed by atoms with Crippen molar-refractivity contribution in [2.24, 2.45) is 5.92 Å². The Kier molecular flexibility index (Phi) is 3.83. The molecule has 1 aliphatic rings. The molecule has 19 heavy (non-hydrogen) atoms. The Labute approximate surface area is 119 Å². The summed E-state index contributed by atoms with van der Waals surface area (Å²) in [5.41, 5.74) is 1.44. The highest BCUT2D eigenvalue weighted by Gasteiger charge is 2.36. The van der Waals surface area contributed by atoms with E-state index in [1.807, 2.05) is 6.20 Å². The summed E-state index contributed by atoms with van der Waals surface area (Å²) in [7, 11) is 0. The van der Waals surface area contributed by atoms with E-state index >= 15 is 0 Å². The van der Waals surface area contributed by atoms with Gasteiger partial charge in [0.15, 0.2) is 5.13 Å². The first-order valence-corrected chi connectivity index (χ1v) is 7.99. The highest BCUT2D eigenvalue weighted by molar-refractivity contribution is 7.13. The largest absolute Gasteiger partial charge is 0.341 e. The van der Waals surface area contributed by atoms with Gasteiger partial charge in [-0.3, -0.25) is 0 Å². The van der Waals surface area contributed by atoms with E-state index in [9.17, 15) is 0 Å². The predicted octanol–water partition coefficient (Wildman–Crippen LogP) is 4.51. The van der Waals surface area contributed by atoms with E-state index in [1.165, 1.54) is 23.5 Å². The Morgan fingerprint density at radius 3 is 2.68 bits per heavy atom. The van der Waals surface area contributed by atoms with E-state index in [-0.39, 0.29) is 0 Å². The van der Waals surface area contributed by atoms with Crippen molar-refractivity contribution in [2.75, 3.05) is 11.4 Å². The molecule has 0 radical (unpaired) electrons. The minimum atomic E-state index is 0.507. The van der Waals surface area contributed by atoms with E-state index in [2.05, 4.69) is 52.5 Å². The fourth-order valence-electron chi connectivity index (χ4n) is 2.72. The first kappa shape index (κ1) is 12.7. The molecule has 1 fully saturated rings. The summed E-state index contributed by atoms with van der Waals surface area (Å²) in [6.45, 7) is 3.33. The second-order valence-electron chi connectivity index (χ2n) is 5.20. The molecule has 0 N–H and O–H groups in total. The highest BCUT2D eigenvalue weighted by Crippen LogP contribution is 2.46. The summed E-state index contributed by atoms with van der Waals surface area (Å²) < 4.78 is 0.